The van der Waals surface area contributed by atoms with E-state index in [9.17, 15) is 9.18 Å². The van der Waals surface area contributed by atoms with Crippen LogP contribution in [0.3, 0.4) is 0 Å². The van der Waals surface area contributed by atoms with Crippen LogP contribution in [0.15, 0.2) is 66.7 Å². The first kappa shape index (κ1) is 19.2. The standard InChI is InChI=1S/C24H19FO3/c1-28-22-13-5-18(6-14-22)4-10-20-11-12-21(16-23(20)25)19-8-2-17(3-9-19)7-15-24(26)27/h2-3,5-6,8-9,11-14,16H,7,15H2,1H3,(H,26,27). The largest absolute Gasteiger partial charge is 0.497 e. The molecule has 28 heavy (non-hydrogen) atoms. The highest BCUT2D eigenvalue weighted by Gasteiger charge is 2.05. The lowest BCUT2D eigenvalue weighted by Crippen LogP contribution is -1.97. The molecule has 0 atom stereocenters. The normalized spacial score (nSPS) is 10.1. The molecule has 3 nitrogen and oxygen atoms in total. The molecule has 0 aliphatic heterocycles. The van der Waals surface area contributed by atoms with Crippen LogP contribution in [-0.4, -0.2) is 18.2 Å². The molecule has 0 unspecified atom stereocenters. The van der Waals surface area contributed by atoms with Gasteiger partial charge in [0.2, 0.25) is 0 Å². The fourth-order valence-electron chi connectivity index (χ4n) is 2.73. The minimum atomic E-state index is -0.822. The second-order valence-electron chi connectivity index (χ2n) is 6.26. The number of rotatable bonds is 5. The third kappa shape index (κ3) is 4.99. The number of carboxylic acid groups (broad SMARTS) is 1. The van der Waals surface area contributed by atoms with Crippen LogP contribution >= 0.6 is 0 Å². The van der Waals surface area contributed by atoms with Crippen molar-refractivity contribution in [1.29, 1.82) is 0 Å². The summed E-state index contributed by atoms with van der Waals surface area (Å²) in [6.45, 7) is 0. The van der Waals surface area contributed by atoms with E-state index in [1.165, 1.54) is 6.07 Å². The van der Waals surface area contributed by atoms with Crippen molar-refractivity contribution in [3.05, 3.63) is 89.2 Å². The summed E-state index contributed by atoms with van der Waals surface area (Å²) in [4.78, 5) is 10.6. The number of methoxy groups -OCH3 is 1. The second kappa shape index (κ2) is 8.88. The van der Waals surface area contributed by atoms with Gasteiger partial charge in [-0.05, 0) is 59.5 Å². The molecule has 0 amide bonds. The molecule has 0 bridgehead atoms. The molecule has 0 aliphatic rings. The van der Waals surface area contributed by atoms with Crippen LogP contribution in [0.25, 0.3) is 11.1 Å². The zero-order valence-electron chi connectivity index (χ0n) is 15.4. The van der Waals surface area contributed by atoms with Crippen molar-refractivity contribution < 1.29 is 19.0 Å². The van der Waals surface area contributed by atoms with Crippen molar-refractivity contribution in [2.24, 2.45) is 0 Å². The van der Waals surface area contributed by atoms with Crippen LogP contribution < -0.4 is 4.74 Å². The molecule has 0 radical (unpaired) electrons. The monoisotopic (exact) mass is 374 g/mol. The first-order valence-corrected chi connectivity index (χ1v) is 8.82. The number of aryl methyl sites for hydroxylation is 1. The molecular weight excluding hydrogens is 355 g/mol. The third-order valence-corrected chi connectivity index (χ3v) is 4.32. The van der Waals surface area contributed by atoms with Crippen molar-refractivity contribution >= 4 is 5.97 Å². The number of carbonyl (C=O) groups is 1. The summed E-state index contributed by atoms with van der Waals surface area (Å²) < 4.78 is 19.6. The predicted molar refractivity (Wildman–Crippen MR) is 107 cm³/mol. The highest BCUT2D eigenvalue weighted by Crippen LogP contribution is 2.23. The molecule has 0 saturated heterocycles. The van der Waals surface area contributed by atoms with Crippen LogP contribution in [0, 0.1) is 17.7 Å². The molecular formula is C24H19FO3. The maximum Gasteiger partial charge on any atom is 0.303 e. The first-order chi connectivity index (χ1) is 13.5. The van der Waals surface area contributed by atoms with Gasteiger partial charge in [0, 0.05) is 12.0 Å². The molecule has 4 heteroatoms. The van der Waals surface area contributed by atoms with Gasteiger partial charge in [-0.1, -0.05) is 42.2 Å². The van der Waals surface area contributed by atoms with Crippen LogP contribution in [0.1, 0.15) is 23.1 Å². The molecule has 0 heterocycles. The van der Waals surface area contributed by atoms with Gasteiger partial charge >= 0.3 is 5.97 Å². The molecule has 140 valence electrons. The van der Waals surface area contributed by atoms with Gasteiger partial charge in [0.1, 0.15) is 11.6 Å². The fraction of sp³-hybridized carbons (Fsp3) is 0.125. The lowest BCUT2D eigenvalue weighted by Gasteiger charge is -2.05. The van der Waals surface area contributed by atoms with Gasteiger partial charge in [-0.3, -0.25) is 4.79 Å². The van der Waals surface area contributed by atoms with E-state index in [0.717, 1.165) is 28.0 Å². The summed E-state index contributed by atoms with van der Waals surface area (Å²) in [6.07, 6.45) is 0.569. The average molecular weight is 374 g/mol. The lowest BCUT2D eigenvalue weighted by molar-refractivity contribution is -0.136. The van der Waals surface area contributed by atoms with Gasteiger partial charge < -0.3 is 9.84 Å². The lowest BCUT2D eigenvalue weighted by atomic mass is 10.0. The van der Waals surface area contributed by atoms with Crippen molar-refractivity contribution in [1.82, 2.24) is 0 Å². The van der Waals surface area contributed by atoms with Crippen molar-refractivity contribution in [2.75, 3.05) is 7.11 Å². The van der Waals surface area contributed by atoms with Gasteiger partial charge in [0.05, 0.1) is 12.7 Å². The minimum Gasteiger partial charge on any atom is -0.497 e. The third-order valence-electron chi connectivity index (χ3n) is 4.32. The number of hydrogen-bond donors (Lipinski definition) is 1. The van der Waals surface area contributed by atoms with E-state index in [1.807, 2.05) is 54.6 Å². The molecule has 0 saturated carbocycles. The summed E-state index contributed by atoms with van der Waals surface area (Å²) in [5, 5.41) is 8.75. The number of ether oxygens (including phenoxy) is 1. The Balaban J connectivity index is 1.75. The SMILES string of the molecule is COc1ccc(C#Cc2ccc(-c3ccc(CCC(=O)O)cc3)cc2F)cc1. The Hall–Kier alpha value is -3.58. The molecule has 3 rings (SSSR count). The van der Waals surface area contributed by atoms with Crippen LogP contribution in [-0.2, 0) is 11.2 Å². The van der Waals surface area contributed by atoms with Gasteiger partial charge in [-0.15, -0.1) is 0 Å². The Morgan fingerprint density at radius 1 is 0.964 bits per heavy atom. The Morgan fingerprint density at radius 2 is 1.64 bits per heavy atom. The predicted octanol–water partition coefficient (Wildman–Crippen LogP) is 4.92. The Kier molecular flexibility index (Phi) is 6.08. The molecule has 0 fully saturated rings. The van der Waals surface area contributed by atoms with E-state index >= 15 is 0 Å². The topological polar surface area (TPSA) is 46.5 Å². The minimum absolute atomic E-state index is 0.0928. The zero-order chi connectivity index (χ0) is 19.9. The number of carboxylic acids is 1. The van der Waals surface area contributed by atoms with Crippen molar-refractivity contribution in [2.45, 2.75) is 12.8 Å². The quantitative estimate of drug-likeness (QED) is 0.645. The second-order valence-corrected chi connectivity index (χ2v) is 6.26. The number of benzene rings is 3. The van der Waals surface area contributed by atoms with E-state index in [2.05, 4.69) is 11.8 Å². The van der Waals surface area contributed by atoms with Crippen LogP contribution in [0.5, 0.6) is 5.75 Å². The molecule has 0 aliphatic carbocycles. The Bertz CT molecular complexity index is 1030. The van der Waals surface area contributed by atoms with Crippen molar-refractivity contribution in [3.8, 4) is 28.7 Å². The van der Waals surface area contributed by atoms with Crippen LogP contribution in [0.2, 0.25) is 0 Å². The smallest absolute Gasteiger partial charge is 0.303 e. The molecule has 1 N–H and O–H groups in total. The van der Waals surface area contributed by atoms with E-state index in [4.69, 9.17) is 9.84 Å². The molecule has 3 aromatic rings. The Morgan fingerprint density at radius 3 is 2.25 bits per heavy atom. The average Bonchev–Trinajstić information content (AvgIpc) is 2.72. The van der Waals surface area contributed by atoms with E-state index in [1.54, 1.807) is 13.2 Å². The molecule has 0 aromatic heterocycles. The van der Waals surface area contributed by atoms with Gasteiger partial charge in [-0.25, -0.2) is 4.39 Å². The fourth-order valence-corrected chi connectivity index (χ4v) is 2.73. The summed E-state index contributed by atoms with van der Waals surface area (Å²) in [7, 11) is 1.60. The van der Waals surface area contributed by atoms with E-state index in [0.29, 0.717) is 12.0 Å². The summed E-state index contributed by atoms with van der Waals surface area (Å²) in [5.41, 5.74) is 3.66. The summed E-state index contributed by atoms with van der Waals surface area (Å²) >= 11 is 0. The maximum atomic E-state index is 14.5. The molecule has 3 aromatic carbocycles. The van der Waals surface area contributed by atoms with Crippen molar-refractivity contribution in [3.63, 3.8) is 0 Å². The van der Waals surface area contributed by atoms with Gasteiger partial charge in [0.25, 0.3) is 0 Å². The van der Waals surface area contributed by atoms with Gasteiger partial charge in [-0.2, -0.15) is 0 Å². The first-order valence-electron chi connectivity index (χ1n) is 8.82. The summed E-state index contributed by atoms with van der Waals surface area (Å²) in [6, 6.07) is 19.7. The summed E-state index contributed by atoms with van der Waals surface area (Å²) in [5.74, 6) is 5.35. The highest BCUT2D eigenvalue weighted by molar-refractivity contribution is 5.68. The van der Waals surface area contributed by atoms with E-state index < -0.39 is 5.97 Å². The Labute approximate surface area is 163 Å². The van der Waals surface area contributed by atoms with E-state index in [-0.39, 0.29) is 12.2 Å². The van der Waals surface area contributed by atoms with Crippen LogP contribution in [0.4, 0.5) is 4.39 Å². The zero-order valence-corrected chi connectivity index (χ0v) is 15.4. The maximum absolute atomic E-state index is 14.5. The van der Waals surface area contributed by atoms with Gasteiger partial charge in [0.15, 0.2) is 0 Å². The number of halogens is 1. The molecule has 0 spiro atoms. The number of hydrogen-bond acceptors (Lipinski definition) is 2. The number of aliphatic carboxylic acids is 1. The highest BCUT2D eigenvalue weighted by atomic mass is 19.1.